The first-order valence-corrected chi connectivity index (χ1v) is 12.3. The molecule has 2 aromatic heterocycles. The van der Waals surface area contributed by atoms with Gasteiger partial charge in [0.2, 0.25) is 0 Å². The van der Waals surface area contributed by atoms with Gasteiger partial charge in [0, 0.05) is 37.8 Å². The molecule has 1 saturated heterocycles. The number of aromatic nitrogens is 1. The number of anilines is 2. The Labute approximate surface area is 199 Å². The molecule has 4 rings (SSSR count). The van der Waals surface area contributed by atoms with Gasteiger partial charge in [0.1, 0.15) is 16.4 Å². The molecule has 1 aromatic carbocycles. The maximum Gasteiger partial charge on any atom is 0.324 e. The van der Waals surface area contributed by atoms with Gasteiger partial charge in [-0.15, -0.1) is 0 Å². The van der Waals surface area contributed by atoms with E-state index in [0.717, 1.165) is 65.9 Å². The van der Waals surface area contributed by atoms with Gasteiger partial charge in [0.05, 0.1) is 16.4 Å². The Kier molecular flexibility index (Phi) is 7.21. The Bertz CT molecular complexity index is 1120. The number of thiazole rings is 1. The number of carbonyl (C=O) groups is 1. The van der Waals surface area contributed by atoms with E-state index in [1.807, 2.05) is 24.3 Å². The summed E-state index contributed by atoms with van der Waals surface area (Å²) in [4.78, 5) is 32.7. The number of nitro groups is 1. The fraction of sp³-hybridized carbons (Fsp3) is 0.364. The van der Waals surface area contributed by atoms with E-state index < -0.39 is 10.8 Å². The fourth-order valence-electron chi connectivity index (χ4n) is 3.41. The third-order valence-corrected chi connectivity index (χ3v) is 7.28. The fourth-order valence-corrected chi connectivity index (χ4v) is 5.16. The largest absolute Gasteiger partial charge is 0.494 e. The molecule has 0 saturated carbocycles. The Morgan fingerprint density at radius 2 is 1.88 bits per heavy atom. The van der Waals surface area contributed by atoms with Crippen molar-refractivity contribution in [2.45, 2.75) is 13.3 Å². The third-order valence-electron chi connectivity index (χ3n) is 5.22. The van der Waals surface area contributed by atoms with Crippen molar-refractivity contribution in [1.82, 2.24) is 9.88 Å². The van der Waals surface area contributed by atoms with Crippen molar-refractivity contribution in [3.05, 3.63) is 51.4 Å². The van der Waals surface area contributed by atoms with Crippen LogP contribution in [0.5, 0.6) is 5.75 Å². The van der Waals surface area contributed by atoms with Crippen molar-refractivity contribution in [1.29, 1.82) is 0 Å². The van der Waals surface area contributed by atoms with Crippen LogP contribution in [0, 0.1) is 10.1 Å². The minimum Gasteiger partial charge on any atom is -0.494 e. The van der Waals surface area contributed by atoms with Crippen molar-refractivity contribution < 1.29 is 14.5 Å². The van der Waals surface area contributed by atoms with Crippen LogP contribution in [0.4, 0.5) is 15.1 Å². The Hall–Kier alpha value is -3.02. The zero-order valence-corrected chi connectivity index (χ0v) is 20.1. The summed E-state index contributed by atoms with van der Waals surface area (Å²) >= 11 is 2.27. The van der Waals surface area contributed by atoms with Gasteiger partial charge in [0.25, 0.3) is 5.91 Å². The summed E-state index contributed by atoms with van der Waals surface area (Å²) in [6.45, 7) is 6.36. The predicted octanol–water partition coefficient (Wildman–Crippen LogP) is 4.57. The average molecular weight is 488 g/mol. The second-order valence-electron chi connectivity index (χ2n) is 7.69. The number of nitrogens with one attached hydrogen (secondary N) is 1. The average Bonchev–Trinajstić information content (AvgIpc) is 3.47. The van der Waals surface area contributed by atoms with Gasteiger partial charge >= 0.3 is 5.00 Å². The molecule has 9 nitrogen and oxygen atoms in total. The van der Waals surface area contributed by atoms with E-state index in [4.69, 9.17) is 9.72 Å². The SMILES string of the molecule is CCCOc1ccc(-c2nc(NC(=O)c3ccc([N+](=O)[O-])s3)sc2N2CCN(C)CC2)cc1. The van der Waals surface area contributed by atoms with E-state index in [2.05, 4.69) is 29.1 Å². The minimum atomic E-state index is -0.498. The van der Waals surface area contributed by atoms with E-state index in [1.54, 1.807) is 0 Å². The van der Waals surface area contributed by atoms with Crippen molar-refractivity contribution in [3.8, 4) is 17.0 Å². The lowest BCUT2D eigenvalue weighted by molar-refractivity contribution is -0.380. The summed E-state index contributed by atoms with van der Waals surface area (Å²) in [7, 11) is 2.10. The topological polar surface area (TPSA) is 101 Å². The predicted molar refractivity (Wildman–Crippen MR) is 132 cm³/mol. The highest BCUT2D eigenvalue weighted by atomic mass is 32.1. The van der Waals surface area contributed by atoms with Crippen molar-refractivity contribution in [2.75, 3.05) is 50.1 Å². The van der Waals surface area contributed by atoms with Crippen LogP contribution in [-0.4, -0.2) is 60.5 Å². The zero-order chi connectivity index (χ0) is 23.4. The molecule has 0 radical (unpaired) electrons. The molecule has 1 amide bonds. The van der Waals surface area contributed by atoms with Gasteiger partial charge in [0.15, 0.2) is 5.13 Å². The third kappa shape index (κ3) is 5.49. The molecule has 0 bridgehead atoms. The van der Waals surface area contributed by atoms with Gasteiger partial charge in [-0.25, -0.2) is 4.98 Å². The van der Waals surface area contributed by atoms with Crippen LogP contribution in [0.2, 0.25) is 0 Å². The molecule has 1 aliphatic heterocycles. The second kappa shape index (κ2) is 10.3. The Morgan fingerprint density at radius 3 is 2.52 bits per heavy atom. The normalized spacial score (nSPS) is 14.3. The lowest BCUT2D eigenvalue weighted by Crippen LogP contribution is -2.44. The van der Waals surface area contributed by atoms with E-state index in [9.17, 15) is 14.9 Å². The lowest BCUT2D eigenvalue weighted by atomic mass is 10.1. The summed E-state index contributed by atoms with van der Waals surface area (Å²) in [5, 5.41) is 15.2. The number of piperazine rings is 1. The van der Waals surface area contributed by atoms with Crippen LogP contribution in [0.3, 0.4) is 0 Å². The number of ether oxygens (including phenoxy) is 1. The van der Waals surface area contributed by atoms with Crippen LogP contribution >= 0.6 is 22.7 Å². The van der Waals surface area contributed by atoms with Crippen LogP contribution in [0.25, 0.3) is 11.3 Å². The molecule has 1 fully saturated rings. The number of benzene rings is 1. The van der Waals surface area contributed by atoms with Crippen molar-refractivity contribution >= 4 is 43.7 Å². The molecule has 1 aliphatic rings. The molecule has 3 heterocycles. The molecular weight excluding hydrogens is 462 g/mol. The van der Waals surface area contributed by atoms with Crippen molar-refractivity contribution in [3.63, 3.8) is 0 Å². The highest BCUT2D eigenvalue weighted by molar-refractivity contribution is 7.20. The second-order valence-corrected chi connectivity index (χ2v) is 9.72. The first kappa shape index (κ1) is 23.1. The number of nitrogens with zero attached hydrogens (tertiary/aromatic N) is 4. The van der Waals surface area contributed by atoms with Gasteiger partial charge in [-0.2, -0.15) is 0 Å². The minimum absolute atomic E-state index is 0.0662. The van der Waals surface area contributed by atoms with E-state index in [-0.39, 0.29) is 9.88 Å². The summed E-state index contributed by atoms with van der Waals surface area (Å²) in [6.07, 6.45) is 0.942. The summed E-state index contributed by atoms with van der Waals surface area (Å²) in [5.41, 5.74) is 1.75. The first-order chi connectivity index (χ1) is 15.9. The molecule has 0 unspecified atom stereocenters. The van der Waals surface area contributed by atoms with E-state index in [0.29, 0.717) is 11.7 Å². The smallest absolute Gasteiger partial charge is 0.324 e. The van der Waals surface area contributed by atoms with Crippen LogP contribution in [0.15, 0.2) is 36.4 Å². The quantitative estimate of drug-likeness (QED) is 0.367. The van der Waals surface area contributed by atoms with Gasteiger partial charge < -0.3 is 14.5 Å². The molecule has 3 aromatic rings. The molecule has 1 N–H and O–H groups in total. The van der Waals surface area contributed by atoms with E-state index in [1.165, 1.54) is 23.5 Å². The summed E-state index contributed by atoms with van der Waals surface area (Å²) < 4.78 is 5.69. The molecule has 11 heteroatoms. The van der Waals surface area contributed by atoms with Gasteiger partial charge in [-0.3, -0.25) is 20.2 Å². The Morgan fingerprint density at radius 1 is 1.15 bits per heavy atom. The molecular formula is C22H25N5O4S2. The molecule has 0 atom stereocenters. The lowest BCUT2D eigenvalue weighted by Gasteiger charge is -2.33. The summed E-state index contributed by atoms with van der Waals surface area (Å²) in [6, 6.07) is 10.6. The monoisotopic (exact) mass is 487 g/mol. The molecule has 33 heavy (non-hydrogen) atoms. The van der Waals surface area contributed by atoms with Gasteiger partial charge in [-0.05, 0) is 43.8 Å². The van der Waals surface area contributed by atoms with Crippen LogP contribution in [0.1, 0.15) is 23.0 Å². The first-order valence-electron chi connectivity index (χ1n) is 10.7. The van der Waals surface area contributed by atoms with Crippen LogP contribution < -0.4 is 15.0 Å². The number of likely N-dealkylation sites (N-methyl/N-ethyl adjacent to an activating group) is 1. The highest BCUT2D eigenvalue weighted by Crippen LogP contribution is 2.40. The number of amides is 1. The number of rotatable bonds is 8. The number of hydrogen-bond donors (Lipinski definition) is 1. The number of hydrogen-bond acceptors (Lipinski definition) is 9. The Balaban J connectivity index is 1.60. The molecule has 0 aliphatic carbocycles. The number of carbonyl (C=O) groups excluding carboxylic acids is 1. The van der Waals surface area contributed by atoms with E-state index >= 15 is 0 Å². The maximum absolute atomic E-state index is 12.7. The maximum atomic E-state index is 12.7. The van der Waals surface area contributed by atoms with Crippen molar-refractivity contribution in [2.24, 2.45) is 0 Å². The zero-order valence-electron chi connectivity index (χ0n) is 18.4. The summed E-state index contributed by atoms with van der Waals surface area (Å²) in [5.74, 6) is 0.409. The van der Waals surface area contributed by atoms with Gasteiger partial charge in [-0.1, -0.05) is 29.6 Å². The standard InChI is InChI=1S/C22H25N5O4S2/c1-3-14-31-16-6-4-15(5-7-16)19-21(26-12-10-25(2)11-13-26)33-22(23-19)24-20(28)17-8-9-18(32-17)27(29)30/h4-9H,3,10-14H2,1-2H3,(H,23,24,28). The van der Waals surface area contributed by atoms with Crippen LogP contribution in [-0.2, 0) is 0 Å². The molecule has 174 valence electrons. The molecule has 0 spiro atoms. The highest BCUT2D eigenvalue weighted by Gasteiger charge is 2.24. The number of thiophene rings is 1.